The van der Waals surface area contributed by atoms with Gasteiger partial charge in [0.25, 0.3) is 0 Å². The van der Waals surface area contributed by atoms with E-state index in [1.807, 2.05) is 5.38 Å². The maximum absolute atomic E-state index is 12.2. The molecule has 0 bridgehead atoms. The number of anilines is 1. The molecule has 0 unspecified atom stereocenters. The summed E-state index contributed by atoms with van der Waals surface area (Å²) in [5.74, 6) is -0.188. The van der Waals surface area contributed by atoms with E-state index in [4.69, 9.17) is 33.7 Å². The number of benzene rings is 2. The Morgan fingerprint density at radius 3 is 2.57 bits per heavy atom. The Bertz CT molecular complexity index is 1010. The molecule has 0 saturated heterocycles. The minimum absolute atomic E-state index is 0.104. The smallest absolute Gasteiger partial charge is 0.250 e. The average molecular weight is 436 g/mol. The van der Waals surface area contributed by atoms with Crippen LogP contribution in [0.15, 0.2) is 47.8 Å². The van der Waals surface area contributed by atoms with Crippen LogP contribution in [0.4, 0.5) is 5.69 Å². The summed E-state index contributed by atoms with van der Waals surface area (Å²) in [7, 11) is 0. The first-order valence-electron chi connectivity index (χ1n) is 8.11. The summed E-state index contributed by atoms with van der Waals surface area (Å²) in [6, 6.07) is 11.6. The van der Waals surface area contributed by atoms with Gasteiger partial charge in [-0.15, -0.1) is 11.3 Å². The first-order valence-corrected chi connectivity index (χ1v) is 9.75. The molecule has 0 fully saturated rings. The van der Waals surface area contributed by atoms with Gasteiger partial charge in [0.1, 0.15) is 17.4 Å². The number of nitrogens with one attached hydrogen (secondary N) is 1. The van der Waals surface area contributed by atoms with Crippen LogP contribution in [0.25, 0.3) is 0 Å². The number of rotatable bonds is 7. The van der Waals surface area contributed by atoms with E-state index in [0.717, 1.165) is 5.01 Å². The van der Waals surface area contributed by atoms with Crippen LogP contribution >= 0.6 is 34.5 Å². The third kappa shape index (κ3) is 5.45. The van der Waals surface area contributed by atoms with Crippen molar-refractivity contribution in [3.05, 3.63) is 74.2 Å². The Kier molecular flexibility index (Phi) is 6.51. The third-order valence-corrected chi connectivity index (χ3v) is 5.07. The molecular formula is C19H15Cl2N3O3S. The molecule has 3 N–H and O–H groups in total. The highest BCUT2D eigenvalue weighted by Gasteiger charge is 2.11. The molecule has 0 atom stereocenters. The molecule has 0 aliphatic rings. The van der Waals surface area contributed by atoms with Crippen molar-refractivity contribution in [2.75, 3.05) is 5.32 Å². The Balaban J connectivity index is 1.54. The first kappa shape index (κ1) is 20.1. The van der Waals surface area contributed by atoms with Crippen LogP contribution in [0.3, 0.4) is 0 Å². The Morgan fingerprint density at radius 1 is 1.14 bits per heavy atom. The summed E-state index contributed by atoms with van der Waals surface area (Å²) in [4.78, 5) is 27.8. The van der Waals surface area contributed by atoms with Crippen molar-refractivity contribution in [1.82, 2.24) is 4.98 Å². The molecule has 144 valence electrons. The highest BCUT2D eigenvalue weighted by molar-refractivity contribution is 7.09. The SMILES string of the molecule is NC(=O)c1ccc(NC(=O)Cc2csc(COc3ccc(Cl)cc3)n2)cc1Cl. The summed E-state index contributed by atoms with van der Waals surface area (Å²) in [6.45, 7) is 0.304. The minimum Gasteiger partial charge on any atom is -0.486 e. The standard InChI is InChI=1S/C19H15Cl2N3O3S/c20-11-1-4-14(5-2-11)27-9-18-24-13(10-28-18)8-17(25)23-12-3-6-15(19(22)26)16(21)7-12/h1-7,10H,8-9H2,(H2,22,26)(H,23,25). The number of ether oxygens (including phenoxy) is 1. The third-order valence-electron chi connectivity index (χ3n) is 3.64. The van der Waals surface area contributed by atoms with Gasteiger partial charge in [-0.2, -0.15) is 0 Å². The second-order valence-electron chi connectivity index (χ2n) is 5.76. The maximum atomic E-state index is 12.2. The molecule has 0 aliphatic carbocycles. The lowest BCUT2D eigenvalue weighted by molar-refractivity contribution is -0.115. The zero-order valence-corrected chi connectivity index (χ0v) is 16.8. The van der Waals surface area contributed by atoms with E-state index in [2.05, 4.69) is 10.3 Å². The summed E-state index contributed by atoms with van der Waals surface area (Å²) in [5.41, 5.74) is 6.51. The fourth-order valence-corrected chi connectivity index (χ4v) is 3.44. The lowest BCUT2D eigenvalue weighted by Gasteiger charge is -2.06. The number of thiazole rings is 1. The quantitative estimate of drug-likeness (QED) is 0.577. The van der Waals surface area contributed by atoms with Gasteiger partial charge in [0.05, 0.1) is 22.7 Å². The summed E-state index contributed by atoms with van der Waals surface area (Å²) in [6.07, 6.45) is 0.104. The van der Waals surface area contributed by atoms with Crippen LogP contribution in [-0.4, -0.2) is 16.8 Å². The molecule has 28 heavy (non-hydrogen) atoms. The van der Waals surface area contributed by atoms with Crippen LogP contribution in [0.5, 0.6) is 5.75 Å². The van der Waals surface area contributed by atoms with Crippen molar-refractivity contribution in [2.45, 2.75) is 13.0 Å². The molecule has 1 heterocycles. The maximum Gasteiger partial charge on any atom is 0.250 e. The predicted octanol–water partition coefficient (Wildman–Crippen LogP) is 4.31. The fraction of sp³-hybridized carbons (Fsp3) is 0.105. The number of carbonyl (C=O) groups excluding carboxylic acids is 2. The molecule has 2 aromatic carbocycles. The van der Waals surface area contributed by atoms with Gasteiger partial charge in [-0.25, -0.2) is 4.98 Å². The average Bonchev–Trinajstić information content (AvgIpc) is 3.08. The normalized spacial score (nSPS) is 10.5. The van der Waals surface area contributed by atoms with Crippen LogP contribution in [0.1, 0.15) is 21.1 Å². The number of nitrogens with two attached hydrogens (primary N) is 1. The van der Waals surface area contributed by atoms with E-state index < -0.39 is 5.91 Å². The molecule has 2 amide bonds. The number of carbonyl (C=O) groups is 2. The van der Waals surface area contributed by atoms with Gasteiger partial charge in [0.15, 0.2) is 0 Å². The Morgan fingerprint density at radius 2 is 1.89 bits per heavy atom. The van der Waals surface area contributed by atoms with Crippen molar-refractivity contribution in [3.63, 3.8) is 0 Å². The van der Waals surface area contributed by atoms with Crippen molar-refractivity contribution >= 4 is 52.0 Å². The lowest BCUT2D eigenvalue weighted by Crippen LogP contribution is -2.16. The van der Waals surface area contributed by atoms with Gasteiger partial charge in [-0.1, -0.05) is 23.2 Å². The highest BCUT2D eigenvalue weighted by atomic mass is 35.5. The molecule has 0 aliphatic heterocycles. The number of hydrogen-bond acceptors (Lipinski definition) is 5. The molecule has 0 saturated carbocycles. The lowest BCUT2D eigenvalue weighted by atomic mass is 10.2. The predicted molar refractivity (Wildman–Crippen MR) is 110 cm³/mol. The minimum atomic E-state index is -0.626. The summed E-state index contributed by atoms with van der Waals surface area (Å²) >= 11 is 13.2. The van der Waals surface area contributed by atoms with Crippen molar-refractivity contribution < 1.29 is 14.3 Å². The van der Waals surface area contributed by atoms with Crippen LogP contribution in [0, 0.1) is 0 Å². The molecular weight excluding hydrogens is 421 g/mol. The summed E-state index contributed by atoms with van der Waals surface area (Å²) < 4.78 is 5.64. The van der Waals surface area contributed by atoms with E-state index in [0.29, 0.717) is 28.8 Å². The zero-order chi connectivity index (χ0) is 20.1. The number of halogens is 2. The Hall–Kier alpha value is -2.61. The zero-order valence-electron chi connectivity index (χ0n) is 14.4. The van der Waals surface area contributed by atoms with Gasteiger partial charge in [0, 0.05) is 16.1 Å². The van der Waals surface area contributed by atoms with Crippen LogP contribution < -0.4 is 15.8 Å². The second kappa shape index (κ2) is 9.05. The van der Waals surface area contributed by atoms with E-state index in [1.54, 1.807) is 30.3 Å². The monoisotopic (exact) mass is 435 g/mol. The van der Waals surface area contributed by atoms with Gasteiger partial charge in [-0.3, -0.25) is 9.59 Å². The Labute approximate surface area is 175 Å². The second-order valence-corrected chi connectivity index (χ2v) is 7.55. The molecule has 3 aromatic rings. The molecule has 1 aromatic heterocycles. The van der Waals surface area contributed by atoms with E-state index >= 15 is 0 Å². The van der Waals surface area contributed by atoms with E-state index in [9.17, 15) is 9.59 Å². The molecule has 3 rings (SSSR count). The number of hydrogen-bond donors (Lipinski definition) is 2. The number of amides is 2. The fourth-order valence-electron chi connectivity index (χ4n) is 2.33. The number of primary amides is 1. The van der Waals surface area contributed by atoms with Crippen molar-refractivity contribution in [3.8, 4) is 5.75 Å². The first-order chi connectivity index (χ1) is 13.4. The van der Waals surface area contributed by atoms with Gasteiger partial charge in [0.2, 0.25) is 11.8 Å². The highest BCUT2D eigenvalue weighted by Crippen LogP contribution is 2.21. The van der Waals surface area contributed by atoms with Gasteiger partial charge < -0.3 is 15.8 Å². The van der Waals surface area contributed by atoms with Crippen LogP contribution in [-0.2, 0) is 17.8 Å². The van der Waals surface area contributed by atoms with E-state index in [1.165, 1.54) is 23.5 Å². The van der Waals surface area contributed by atoms with Crippen LogP contribution in [0.2, 0.25) is 10.0 Å². The van der Waals surface area contributed by atoms with Gasteiger partial charge >= 0.3 is 0 Å². The summed E-state index contributed by atoms with van der Waals surface area (Å²) in [5, 5.41) is 6.10. The molecule has 6 nitrogen and oxygen atoms in total. The molecule has 0 radical (unpaired) electrons. The number of nitrogens with zero attached hydrogens (tertiary/aromatic N) is 1. The largest absolute Gasteiger partial charge is 0.486 e. The van der Waals surface area contributed by atoms with E-state index in [-0.39, 0.29) is 22.9 Å². The van der Waals surface area contributed by atoms with Crippen molar-refractivity contribution in [2.24, 2.45) is 5.73 Å². The molecule has 0 spiro atoms. The topological polar surface area (TPSA) is 94.3 Å². The van der Waals surface area contributed by atoms with Crippen molar-refractivity contribution in [1.29, 1.82) is 0 Å². The number of aromatic nitrogens is 1. The molecule has 9 heteroatoms. The van der Waals surface area contributed by atoms with Gasteiger partial charge in [-0.05, 0) is 42.5 Å².